The lowest BCUT2D eigenvalue weighted by atomic mass is 9.95. The molecule has 1 aromatic rings. The predicted molar refractivity (Wildman–Crippen MR) is 55.3 cm³/mol. The molecule has 0 saturated heterocycles. The third-order valence-electron chi connectivity index (χ3n) is 2.10. The Kier molecular flexibility index (Phi) is 3.82. The lowest BCUT2D eigenvalue weighted by Gasteiger charge is -2.15. The number of nitrogens with zero attached hydrogens (tertiary/aromatic N) is 2. The molecule has 5 nitrogen and oxygen atoms in total. The number of carbonyl (C=O) groups excluding carboxylic acids is 1. The highest BCUT2D eigenvalue weighted by Crippen LogP contribution is 2.22. The van der Waals surface area contributed by atoms with Crippen molar-refractivity contribution in [2.75, 3.05) is 6.61 Å². The number of hydrogen-bond donors (Lipinski definition) is 1. The minimum absolute atomic E-state index is 0.124. The smallest absolute Gasteiger partial charge is 0.317 e. The van der Waals surface area contributed by atoms with Crippen molar-refractivity contribution in [1.29, 1.82) is 0 Å². The molecule has 84 valence electrons. The summed E-state index contributed by atoms with van der Waals surface area (Å²) in [5.41, 5.74) is 0. The first-order chi connectivity index (χ1) is 7.06. The van der Waals surface area contributed by atoms with Gasteiger partial charge in [0, 0.05) is 0 Å². The Hall–Kier alpha value is -1.39. The Bertz CT molecular complexity index is 333. The summed E-state index contributed by atoms with van der Waals surface area (Å²) in [6, 6.07) is 0. The number of hydrogen-bond acceptors (Lipinski definition) is 4. The second-order valence-corrected chi connectivity index (χ2v) is 3.75. The third kappa shape index (κ3) is 2.78. The van der Waals surface area contributed by atoms with Crippen molar-refractivity contribution in [3.05, 3.63) is 11.6 Å². The van der Waals surface area contributed by atoms with E-state index < -0.39 is 0 Å². The minimum Gasteiger partial charge on any atom is -0.465 e. The summed E-state index contributed by atoms with van der Waals surface area (Å²) in [6.45, 7) is 7.88. The van der Waals surface area contributed by atoms with Crippen LogP contribution in [0.1, 0.15) is 38.3 Å². The molecule has 0 radical (unpaired) electrons. The van der Waals surface area contributed by atoms with E-state index in [0.29, 0.717) is 18.3 Å². The van der Waals surface area contributed by atoms with E-state index in [1.807, 2.05) is 13.8 Å². The van der Waals surface area contributed by atoms with Crippen molar-refractivity contribution in [3.8, 4) is 0 Å². The van der Waals surface area contributed by atoms with E-state index in [1.54, 1.807) is 13.8 Å². The second-order valence-electron chi connectivity index (χ2n) is 3.75. The van der Waals surface area contributed by atoms with Crippen molar-refractivity contribution < 1.29 is 9.53 Å². The molecule has 1 N–H and O–H groups in total. The van der Waals surface area contributed by atoms with E-state index in [9.17, 15) is 4.79 Å². The number of rotatable bonds is 4. The molecule has 5 heteroatoms. The van der Waals surface area contributed by atoms with Gasteiger partial charge in [-0.2, -0.15) is 5.10 Å². The molecule has 15 heavy (non-hydrogen) atoms. The number of aromatic amines is 1. The minimum atomic E-state index is -0.380. The van der Waals surface area contributed by atoms with E-state index in [-0.39, 0.29) is 17.8 Å². The Balaban J connectivity index is 2.88. The number of aryl methyl sites for hydroxylation is 1. The lowest BCUT2D eigenvalue weighted by Crippen LogP contribution is -2.22. The maximum Gasteiger partial charge on any atom is 0.317 e. The topological polar surface area (TPSA) is 67.9 Å². The molecule has 0 amide bonds. The molecule has 0 aliphatic heterocycles. The van der Waals surface area contributed by atoms with Gasteiger partial charge in [-0.15, -0.1) is 0 Å². The molecule has 0 fully saturated rings. The highest BCUT2D eigenvalue weighted by Gasteiger charge is 2.29. The monoisotopic (exact) mass is 211 g/mol. The van der Waals surface area contributed by atoms with Gasteiger partial charge in [-0.25, -0.2) is 4.98 Å². The van der Waals surface area contributed by atoms with E-state index >= 15 is 0 Å². The third-order valence-corrected chi connectivity index (χ3v) is 2.10. The van der Waals surface area contributed by atoms with E-state index in [1.165, 1.54) is 0 Å². The van der Waals surface area contributed by atoms with Gasteiger partial charge in [0.05, 0.1) is 6.61 Å². The van der Waals surface area contributed by atoms with Crippen molar-refractivity contribution in [2.45, 2.75) is 33.6 Å². The predicted octanol–water partition coefficient (Wildman–Crippen LogP) is 1.42. The quantitative estimate of drug-likeness (QED) is 0.765. The van der Waals surface area contributed by atoms with Gasteiger partial charge in [0.1, 0.15) is 11.7 Å². The first-order valence-corrected chi connectivity index (χ1v) is 5.11. The van der Waals surface area contributed by atoms with E-state index in [2.05, 4.69) is 15.2 Å². The van der Waals surface area contributed by atoms with Crippen molar-refractivity contribution in [3.63, 3.8) is 0 Å². The zero-order valence-electron chi connectivity index (χ0n) is 9.57. The molecule has 1 heterocycles. The van der Waals surface area contributed by atoms with Gasteiger partial charge in [-0.3, -0.25) is 9.89 Å². The van der Waals surface area contributed by atoms with Crippen LogP contribution in [0.4, 0.5) is 0 Å². The zero-order valence-corrected chi connectivity index (χ0v) is 9.57. The van der Waals surface area contributed by atoms with Crippen molar-refractivity contribution in [2.24, 2.45) is 5.92 Å². The van der Waals surface area contributed by atoms with Gasteiger partial charge in [-0.1, -0.05) is 13.8 Å². The van der Waals surface area contributed by atoms with Gasteiger partial charge >= 0.3 is 5.97 Å². The average Bonchev–Trinajstić information content (AvgIpc) is 2.51. The molecule has 0 aliphatic carbocycles. The summed E-state index contributed by atoms with van der Waals surface area (Å²) in [7, 11) is 0. The zero-order chi connectivity index (χ0) is 11.4. The van der Waals surface area contributed by atoms with Crippen LogP contribution >= 0.6 is 0 Å². The lowest BCUT2D eigenvalue weighted by molar-refractivity contribution is -0.146. The summed E-state index contributed by atoms with van der Waals surface area (Å²) in [4.78, 5) is 15.8. The maximum atomic E-state index is 11.7. The molecule has 1 atom stereocenters. The Morgan fingerprint density at radius 1 is 1.53 bits per heavy atom. The number of carbonyl (C=O) groups is 1. The summed E-state index contributed by atoms with van der Waals surface area (Å²) < 4.78 is 5.00. The van der Waals surface area contributed by atoms with Crippen LogP contribution in [0.3, 0.4) is 0 Å². The molecule has 0 aliphatic rings. The number of H-pyrrole nitrogens is 1. The van der Waals surface area contributed by atoms with Crippen LogP contribution in [0, 0.1) is 12.8 Å². The van der Waals surface area contributed by atoms with Crippen LogP contribution in [0.15, 0.2) is 0 Å². The summed E-state index contributed by atoms with van der Waals surface area (Å²) in [6.07, 6.45) is 0. The number of nitrogens with one attached hydrogen (secondary N) is 1. The number of aromatic nitrogens is 3. The van der Waals surface area contributed by atoms with Crippen LogP contribution in [-0.2, 0) is 9.53 Å². The second kappa shape index (κ2) is 4.91. The van der Waals surface area contributed by atoms with Gasteiger partial charge in [-0.05, 0) is 19.8 Å². The van der Waals surface area contributed by atoms with E-state index in [4.69, 9.17) is 4.74 Å². The van der Waals surface area contributed by atoms with Crippen LogP contribution in [0.25, 0.3) is 0 Å². The Labute approximate surface area is 89.2 Å². The molecule has 0 bridgehead atoms. The van der Waals surface area contributed by atoms with Crippen LogP contribution < -0.4 is 0 Å². The van der Waals surface area contributed by atoms with Gasteiger partial charge in [0.2, 0.25) is 0 Å². The van der Waals surface area contributed by atoms with Crippen LogP contribution in [-0.4, -0.2) is 27.8 Å². The van der Waals surface area contributed by atoms with Crippen LogP contribution in [0.5, 0.6) is 0 Å². The largest absolute Gasteiger partial charge is 0.465 e. The fraction of sp³-hybridized carbons (Fsp3) is 0.700. The molecular formula is C10H17N3O2. The van der Waals surface area contributed by atoms with Crippen molar-refractivity contribution >= 4 is 5.97 Å². The Morgan fingerprint density at radius 2 is 2.20 bits per heavy atom. The standard InChI is InChI=1S/C10H17N3O2/c1-5-15-10(14)8(6(2)3)9-11-7(4)12-13-9/h6,8H,5H2,1-4H3,(H,11,12,13). The fourth-order valence-corrected chi connectivity index (χ4v) is 1.41. The summed E-state index contributed by atoms with van der Waals surface area (Å²) >= 11 is 0. The SMILES string of the molecule is CCOC(=O)C(c1n[nH]c(C)n1)C(C)C. The van der Waals surface area contributed by atoms with Crippen molar-refractivity contribution in [1.82, 2.24) is 15.2 Å². The van der Waals surface area contributed by atoms with E-state index in [0.717, 1.165) is 0 Å². The maximum absolute atomic E-state index is 11.7. The van der Waals surface area contributed by atoms with Gasteiger partial charge in [0.25, 0.3) is 0 Å². The first-order valence-electron chi connectivity index (χ1n) is 5.11. The molecule has 0 saturated carbocycles. The number of esters is 1. The molecular weight excluding hydrogens is 194 g/mol. The van der Waals surface area contributed by atoms with Gasteiger partial charge in [0.15, 0.2) is 5.82 Å². The summed E-state index contributed by atoms with van der Waals surface area (Å²) in [5.74, 6) is 0.710. The molecule has 1 unspecified atom stereocenters. The average molecular weight is 211 g/mol. The molecule has 1 rings (SSSR count). The fourth-order valence-electron chi connectivity index (χ4n) is 1.41. The normalized spacial score (nSPS) is 12.9. The molecule has 0 spiro atoms. The summed E-state index contributed by atoms with van der Waals surface area (Å²) in [5, 5.41) is 6.74. The molecule has 0 aromatic carbocycles. The molecule has 1 aromatic heterocycles. The highest BCUT2D eigenvalue weighted by atomic mass is 16.5. The first kappa shape index (κ1) is 11.7. The van der Waals surface area contributed by atoms with Crippen LogP contribution in [0.2, 0.25) is 0 Å². The Morgan fingerprint density at radius 3 is 2.60 bits per heavy atom. The highest BCUT2D eigenvalue weighted by molar-refractivity contribution is 5.77. The number of ether oxygens (including phenoxy) is 1. The van der Waals surface area contributed by atoms with Gasteiger partial charge < -0.3 is 4.74 Å².